The molecule has 0 bridgehead atoms. The summed E-state index contributed by atoms with van der Waals surface area (Å²) in [4.78, 5) is 26.4. The van der Waals surface area contributed by atoms with Crippen LogP contribution in [0, 0.1) is 0 Å². The highest BCUT2D eigenvalue weighted by molar-refractivity contribution is 8.00. The van der Waals surface area contributed by atoms with Gasteiger partial charge >= 0.3 is 0 Å². The minimum atomic E-state index is -0.344. The second-order valence-corrected chi connectivity index (χ2v) is 8.99. The first-order chi connectivity index (χ1) is 14.6. The number of carbonyl (C=O) groups excluding carboxylic acids is 2. The van der Waals surface area contributed by atoms with Gasteiger partial charge in [0, 0.05) is 18.9 Å². The molecule has 0 saturated carbocycles. The summed E-state index contributed by atoms with van der Waals surface area (Å²) in [6, 6.07) is 17.6. The normalized spacial score (nSPS) is 15.0. The van der Waals surface area contributed by atoms with E-state index in [9.17, 15) is 9.59 Å². The van der Waals surface area contributed by atoms with E-state index in [1.54, 1.807) is 22.9 Å². The van der Waals surface area contributed by atoms with Crippen LogP contribution in [0.25, 0.3) is 6.08 Å². The summed E-state index contributed by atoms with van der Waals surface area (Å²) in [5.41, 5.74) is 3.18. The molecule has 0 radical (unpaired) electrons. The van der Waals surface area contributed by atoms with Crippen molar-refractivity contribution in [2.45, 2.75) is 29.5 Å². The largest absolute Gasteiger partial charge is 0.311 e. The number of thioether (sulfide) groups is 1. The number of nitrogens with zero attached hydrogens (tertiary/aromatic N) is 3. The second kappa shape index (κ2) is 9.23. The molecule has 2 aromatic carbocycles. The van der Waals surface area contributed by atoms with Crippen molar-refractivity contribution in [3.63, 3.8) is 0 Å². The Morgan fingerprint density at radius 2 is 1.87 bits per heavy atom. The van der Waals surface area contributed by atoms with Crippen molar-refractivity contribution in [3.05, 3.63) is 77.5 Å². The third kappa shape index (κ3) is 4.77. The maximum Gasteiger partial charge on any atom is 0.228 e. The number of benzene rings is 2. The molecule has 3 aromatic rings. The van der Waals surface area contributed by atoms with Gasteiger partial charge in [0.15, 0.2) is 4.34 Å². The molecule has 2 heterocycles. The van der Waals surface area contributed by atoms with Gasteiger partial charge in [-0.05, 0) is 22.8 Å². The van der Waals surface area contributed by atoms with E-state index in [0.717, 1.165) is 21.2 Å². The Labute approximate surface area is 183 Å². The molecule has 0 fully saturated rings. The Hall–Kier alpha value is -2.97. The molecule has 0 saturated heterocycles. The Morgan fingerprint density at radius 3 is 2.67 bits per heavy atom. The number of hydrogen-bond donors (Lipinski definition) is 1. The molecule has 0 spiro atoms. The van der Waals surface area contributed by atoms with E-state index in [4.69, 9.17) is 0 Å². The van der Waals surface area contributed by atoms with Gasteiger partial charge in [-0.25, -0.2) is 0 Å². The minimum Gasteiger partial charge on any atom is -0.311 e. The fourth-order valence-corrected chi connectivity index (χ4v) is 5.02. The van der Waals surface area contributed by atoms with E-state index < -0.39 is 0 Å². The zero-order valence-electron chi connectivity index (χ0n) is 16.3. The van der Waals surface area contributed by atoms with Gasteiger partial charge in [-0.3, -0.25) is 9.59 Å². The molecule has 1 unspecified atom stereocenters. The predicted octanol–water partition coefficient (Wildman–Crippen LogP) is 4.73. The molecule has 6 nitrogen and oxygen atoms in total. The fraction of sp³-hybridized carbons (Fsp3) is 0.182. The number of amides is 2. The van der Waals surface area contributed by atoms with Crippen LogP contribution in [-0.2, 0) is 15.3 Å². The summed E-state index contributed by atoms with van der Waals surface area (Å²) in [6.45, 7) is 1.50. The first-order valence-corrected chi connectivity index (χ1v) is 11.3. The Kier molecular flexibility index (Phi) is 6.25. The van der Waals surface area contributed by atoms with E-state index in [1.165, 1.54) is 23.8 Å². The summed E-state index contributed by atoms with van der Waals surface area (Å²) < 4.78 is 0.797. The summed E-state index contributed by atoms with van der Waals surface area (Å²) in [7, 11) is 0. The third-order valence-electron chi connectivity index (χ3n) is 4.71. The van der Waals surface area contributed by atoms with Gasteiger partial charge in [0.05, 0.1) is 12.5 Å². The number of anilines is 1. The predicted molar refractivity (Wildman–Crippen MR) is 120 cm³/mol. The van der Waals surface area contributed by atoms with Crippen LogP contribution < -0.4 is 5.32 Å². The van der Waals surface area contributed by atoms with Gasteiger partial charge in [0.25, 0.3) is 0 Å². The SMILES string of the molecule is CC(=O)N1C=Cc2ccccc2C1CC(=O)Nc1nnc(SCc2ccccc2)s1. The molecule has 30 heavy (non-hydrogen) atoms. The topological polar surface area (TPSA) is 75.2 Å². The minimum absolute atomic E-state index is 0.103. The lowest BCUT2D eigenvalue weighted by molar-refractivity contribution is -0.129. The number of rotatable bonds is 6. The quantitative estimate of drug-likeness (QED) is 0.446. The lowest BCUT2D eigenvalue weighted by Gasteiger charge is -2.32. The molecule has 1 atom stereocenters. The highest BCUT2D eigenvalue weighted by Gasteiger charge is 2.28. The van der Waals surface area contributed by atoms with E-state index in [0.29, 0.717) is 5.13 Å². The van der Waals surface area contributed by atoms with Gasteiger partial charge in [-0.15, -0.1) is 10.2 Å². The molecule has 1 aliphatic rings. The van der Waals surface area contributed by atoms with Crippen LogP contribution >= 0.6 is 23.1 Å². The smallest absolute Gasteiger partial charge is 0.228 e. The van der Waals surface area contributed by atoms with E-state index >= 15 is 0 Å². The maximum absolute atomic E-state index is 12.7. The molecule has 4 rings (SSSR count). The fourth-order valence-electron chi connectivity index (χ4n) is 3.30. The van der Waals surface area contributed by atoms with Crippen molar-refractivity contribution in [2.75, 3.05) is 5.32 Å². The standard InChI is InChI=1S/C22H20N4O2S2/c1-15(27)26-12-11-17-9-5-6-10-18(17)19(26)13-20(28)23-21-24-25-22(30-21)29-14-16-7-3-2-4-8-16/h2-12,19H,13-14H2,1H3,(H,23,24,28). The maximum atomic E-state index is 12.7. The first-order valence-electron chi connectivity index (χ1n) is 9.46. The van der Waals surface area contributed by atoms with Gasteiger partial charge in [-0.1, -0.05) is 77.7 Å². The lowest BCUT2D eigenvalue weighted by atomic mass is 9.93. The number of aromatic nitrogens is 2. The Balaban J connectivity index is 1.40. The van der Waals surface area contributed by atoms with Crippen molar-refractivity contribution < 1.29 is 9.59 Å². The molecule has 1 aliphatic heterocycles. The summed E-state index contributed by atoms with van der Waals surface area (Å²) >= 11 is 2.93. The average molecular weight is 437 g/mol. The summed E-state index contributed by atoms with van der Waals surface area (Å²) in [5.74, 6) is 0.489. The summed E-state index contributed by atoms with van der Waals surface area (Å²) in [5, 5.41) is 11.5. The molecule has 8 heteroatoms. The first kappa shape index (κ1) is 20.3. The molecule has 1 N–H and O–H groups in total. The van der Waals surface area contributed by atoms with Crippen LogP contribution in [0.5, 0.6) is 0 Å². The lowest BCUT2D eigenvalue weighted by Crippen LogP contribution is -2.33. The number of nitrogens with one attached hydrogen (secondary N) is 1. The average Bonchev–Trinajstić information content (AvgIpc) is 3.20. The van der Waals surface area contributed by atoms with Gasteiger partial charge < -0.3 is 10.2 Å². The van der Waals surface area contributed by atoms with Crippen LogP contribution in [0.4, 0.5) is 5.13 Å². The third-order valence-corrected chi connectivity index (χ3v) is 6.75. The van der Waals surface area contributed by atoms with E-state index in [1.807, 2.05) is 48.5 Å². The van der Waals surface area contributed by atoms with Crippen molar-refractivity contribution in [1.29, 1.82) is 0 Å². The highest BCUT2D eigenvalue weighted by atomic mass is 32.2. The van der Waals surface area contributed by atoms with Crippen molar-refractivity contribution in [2.24, 2.45) is 0 Å². The molecule has 2 amide bonds. The van der Waals surface area contributed by atoms with E-state index in [2.05, 4.69) is 27.6 Å². The number of fused-ring (bicyclic) bond motifs is 1. The molecular weight excluding hydrogens is 416 g/mol. The van der Waals surface area contributed by atoms with Crippen LogP contribution in [-0.4, -0.2) is 26.9 Å². The zero-order chi connectivity index (χ0) is 20.9. The van der Waals surface area contributed by atoms with Crippen LogP contribution in [0.3, 0.4) is 0 Å². The van der Waals surface area contributed by atoms with Crippen molar-refractivity contribution in [3.8, 4) is 0 Å². The molecule has 152 valence electrons. The van der Waals surface area contributed by atoms with Crippen molar-refractivity contribution >= 4 is 46.1 Å². The monoisotopic (exact) mass is 436 g/mol. The Bertz CT molecular complexity index is 1080. The van der Waals surface area contributed by atoms with Crippen LogP contribution in [0.1, 0.15) is 36.1 Å². The second-order valence-electron chi connectivity index (χ2n) is 6.79. The highest BCUT2D eigenvalue weighted by Crippen LogP contribution is 2.33. The van der Waals surface area contributed by atoms with Gasteiger partial charge in [0.2, 0.25) is 16.9 Å². The molecule has 0 aliphatic carbocycles. The van der Waals surface area contributed by atoms with Gasteiger partial charge in [0.1, 0.15) is 0 Å². The van der Waals surface area contributed by atoms with Crippen LogP contribution in [0.15, 0.2) is 65.1 Å². The Morgan fingerprint density at radius 1 is 1.10 bits per heavy atom. The molecule has 1 aromatic heterocycles. The van der Waals surface area contributed by atoms with Crippen LogP contribution in [0.2, 0.25) is 0 Å². The molecular formula is C22H20N4O2S2. The van der Waals surface area contributed by atoms with E-state index in [-0.39, 0.29) is 24.3 Å². The zero-order valence-corrected chi connectivity index (χ0v) is 18.0. The number of carbonyl (C=O) groups is 2. The van der Waals surface area contributed by atoms with Gasteiger partial charge in [-0.2, -0.15) is 0 Å². The number of hydrogen-bond acceptors (Lipinski definition) is 6. The van der Waals surface area contributed by atoms with Crippen molar-refractivity contribution in [1.82, 2.24) is 15.1 Å². The summed E-state index contributed by atoms with van der Waals surface area (Å²) in [6.07, 6.45) is 3.78.